The van der Waals surface area contributed by atoms with Gasteiger partial charge in [0.25, 0.3) is 0 Å². The number of nitrogens with zero attached hydrogens (tertiary/aromatic N) is 1. The maximum absolute atomic E-state index is 8.65. The molecule has 13 heavy (non-hydrogen) atoms. The van der Waals surface area contributed by atoms with E-state index in [0.717, 1.165) is 4.88 Å². The minimum absolute atomic E-state index is 0.572. The number of nitriles is 1. The monoisotopic (exact) mass is 211 g/mol. The Balaban J connectivity index is 3.18. The van der Waals surface area contributed by atoms with Gasteiger partial charge in [0.1, 0.15) is 0 Å². The zero-order valence-corrected chi connectivity index (χ0v) is 9.38. The van der Waals surface area contributed by atoms with Gasteiger partial charge in [-0.3, -0.25) is 0 Å². The number of halogens is 1. The Labute approximate surface area is 87.3 Å². The van der Waals surface area contributed by atoms with Crippen LogP contribution in [-0.4, -0.2) is 0 Å². The van der Waals surface area contributed by atoms with Crippen molar-refractivity contribution in [1.82, 2.24) is 0 Å². The Kier molecular flexibility index (Phi) is 3.13. The predicted molar refractivity (Wildman–Crippen MR) is 57.9 cm³/mol. The van der Waals surface area contributed by atoms with Crippen LogP contribution in [0.15, 0.2) is 11.6 Å². The first kappa shape index (κ1) is 10.3. The van der Waals surface area contributed by atoms with Gasteiger partial charge in [-0.1, -0.05) is 11.6 Å². The number of thiophene rings is 1. The molecule has 0 fully saturated rings. The molecule has 0 aromatic carbocycles. The van der Waals surface area contributed by atoms with Crippen LogP contribution in [0.1, 0.15) is 22.2 Å². The van der Waals surface area contributed by atoms with E-state index in [0.29, 0.717) is 10.6 Å². The number of allylic oxidation sites excluding steroid dienone is 1. The van der Waals surface area contributed by atoms with Crippen molar-refractivity contribution in [3.8, 4) is 6.07 Å². The van der Waals surface area contributed by atoms with Crippen molar-refractivity contribution in [2.24, 2.45) is 0 Å². The molecule has 1 aromatic heterocycles. The summed E-state index contributed by atoms with van der Waals surface area (Å²) in [6, 6.07) is 4.06. The fraction of sp³-hybridized carbons (Fsp3) is 0.300. The number of hydrogen-bond donors (Lipinski definition) is 0. The topological polar surface area (TPSA) is 23.8 Å². The van der Waals surface area contributed by atoms with Gasteiger partial charge < -0.3 is 0 Å². The molecular weight excluding hydrogens is 202 g/mol. The van der Waals surface area contributed by atoms with E-state index in [4.69, 9.17) is 16.9 Å². The molecule has 0 atom stereocenters. The molecule has 0 spiro atoms. The Morgan fingerprint density at radius 2 is 2.15 bits per heavy atom. The average molecular weight is 212 g/mol. The van der Waals surface area contributed by atoms with Crippen molar-refractivity contribution in [2.75, 3.05) is 0 Å². The van der Waals surface area contributed by atoms with Crippen molar-refractivity contribution in [3.63, 3.8) is 0 Å². The van der Waals surface area contributed by atoms with Gasteiger partial charge in [0, 0.05) is 15.3 Å². The quantitative estimate of drug-likeness (QED) is 0.648. The Hall–Kier alpha value is -0.780. The van der Waals surface area contributed by atoms with Crippen molar-refractivity contribution in [1.29, 1.82) is 5.26 Å². The number of rotatable bonds is 1. The second-order valence-corrected chi connectivity index (χ2v) is 4.53. The summed E-state index contributed by atoms with van der Waals surface area (Å²) >= 11 is 7.63. The lowest BCUT2D eigenvalue weighted by Gasteiger charge is -1.93. The van der Waals surface area contributed by atoms with E-state index < -0.39 is 0 Å². The molecule has 0 radical (unpaired) electrons. The molecular formula is C10H10ClNS. The molecule has 0 saturated carbocycles. The summed E-state index contributed by atoms with van der Waals surface area (Å²) in [4.78, 5) is 2.23. The normalized spacial score (nSPS) is 12.2. The molecule has 68 valence electrons. The number of aryl methyl sites for hydroxylation is 2. The lowest BCUT2D eigenvalue weighted by molar-refractivity contribution is 1.44. The summed E-state index contributed by atoms with van der Waals surface area (Å²) in [5.41, 5.74) is 1.80. The van der Waals surface area contributed by atoms with Gasteiger partial charge in [0.05, 0.1) is 11.1 Å². The summed E-state index contributed by atoms with van der Waals surface area (Å²) in [7, 11) is 0. The highest BCUT2D eigenvalue weighted by Crippen LogP contribution is 2.31. The maximum atomic E-state index is 8.65. The molecule has 0 aliphatic carbocycles. The Morgan fingerprint density at radius 3 is 2.54 bits per heavy atom. The van der Waals surface area contributed by atoms with Gasteiger partial charge in [-0.25, -0.2) is 0 Å². The van der Waals surface area contributed by atoms with E-state index >= 15 is 0 Å². The van der Waals surface area contributed by atoms with Gasteiger partial charge in [0.15, 0.2) is 0 Å². The average Bonchev–Trinajstić information content (AvgIpc) is 2.44. The Bertz CT molecular complexity index is 376. The highest BCUT2D eigenvalue weighted by atomic mass is 35.5. The van der Waals surface area contributed by atoms with Gasteiger partial charge in [-0.05, 0) is 32.4 Å². The highest BCUT2D eigenvalue weighted by Gasteiger charge is 2.07. The molecule has 0 aliphatic heterocycles. The summed E-state index contributed by atoms with van der Waals surface area (Å²) < 4.78 is 0. The fourth-order valence-corrected chi connectivity index (χ4v) is 2.16. The first-order chi connectivity index (χ1) is 6.06. The fourth-order valence-electron chi connectivity index (χ4n) is 0.915. The molecule has 0 amide bonds. The summed E-state index contributed by atoms with van der Waals surface area (Å²) in [5, 5.41) is 9.23. The first-order valence-corrected chi connectivity index (χ1v) is 5.09. The summed E-state index contributed by atoms with van der Waals surface area (Å²) in [5.74, 6) is 0. The second kappa shape index (κ2) is 3.95. The van der Waals surface area contributed by atoms with E-state index in [1.165, 1.54) is 10.4 Å². The second-order valence-electron chi connectivity index (χ2n) is 2.90. The van der Waals surface area contributed by atoms with E-state index in [2.05, 4.69) is 6.92 Å². The summed E-state index contributed by atoms with van der Waals surface area (Å²) in [6.07, 6.45) is 0. The van der Waals surface area contributed by atoms with Crippen molar-refractivity contribution in [3.05, 3.63) is 27.0 Å². The smallest absolute Gasteiger partial charge is 0.0960 e. The van der Waals surface area contributed by atoms with Crippen LogP contribution in [-0.2, 0) is 0 Å². The van der Waals surface area contributed by atoms with Crippen LogP contribution in [0.3, 0.4) is 0 Å². The predicted octanol–water partition coefficient (Wildman–Crippen LogP) is 3.86. The van der Waals surface area contributed by atoms with Crippen LogP contribution >= 0.6 is 22.9 Å². The van der Waals surface area contributed by atoms with Crippen molar-refractivity contribution < 1.29 is 0 Å². The molecule has 0 unspecified atom stereocenters. The van der Waals surface area contributed by atoms with Crippen LogP contribution in [0.2, 0.25) is 0 Å². The molecule has 0 N–H and O–H groups in total. The van der Waals surface area contributed by atoms with Gasteiger partial charge in [0.2, 0.25) is 0 Å². The van der Waals surface area contributed by atoms with Crippen molar-refractivity contribution >= 4 is 28.0 Å². The van der Waals surface area contributed by atoms with Crippen LogP contribution in [0.4, 0.5) is 0 Å². The molecule has 3 heteroatoms. The molecule has 0 saturated heterocycles. The van der Waals surface area contributed by atoms with Gasteiger partial charge in [-0.15, -0.1) is 11.3 Å². The SMILES string of the molecule is CC(C#N)=C(Cl)c1cc(C)c(C)s1. The van der Waals surface area contributed by atoms with Crippen LogP contribution < -0.4 is 0 Å². The van der Waals surface area contributed by atoms with E-state index in [9.17, 15) is 0 Å². The molecule has 1 aromatic rings. The zero-order valence-electron chi connectivity index (χ0n) is 7.81. The molecule has 1 nitrogen and oxygen atoms in total. The third-order valence-electron chi connectivity index (χ3n) is 1.88. The van der Waals surface area contributed by atoms with E-state index in [1.807, 2.05) is 19.1 Å². The Morgan fingerprint density at radius 1 is 1.54 bits per heavy atom. The van der Waals surface area contributed by atoms with Crippen LogP contribution in [0.25, 0.3) is 5.03 Å². The van der Waals surface area contributed by atoms with Crippen molar-refractivity contribution in [2.45, 2.75) is 20.8 Å². The highest BCUT2D eigenvalue weighted by molar-refractivity contribution is 7.14. The lowest BCUT2D eigenvalue weighted by Crippen LogP contribution is -1.74. The van der Waals surface area contributed by atoms with Crippen LogP contribution in [0.5, 0.6) is 0 Å². The molecule has 0 aliphatic rings. The molecule has 1 heterocycles. The standard InChI is InChI=1S/C10H10ClNS/c1-6-4-9(13-8(6)3)10(11)7(2)5-12/h4H,1-3H3. The third-order valence-corrected chi connectivity index (χ3v) is 3.65. The molecule has 1 rings (SSSR count). The summed E-state index contributed by atoms with van der Waals surface area (Å²) in [6.45, 7) is 5.82. The third kappa shape index (κ3) is 2.12. The van der Waals surface area contributed by atoms with Gasteiger partial charge in [-0.2, -0.15) is 5.26 Å². The van der Waals surface area contributed by atoms with E-state index in [-0.39, 0.29) is 0 Å². The minimum atomic E-state index is 0.572. The largest absolute Gasteiger partial charge is 0.193 e. The zero-order chi connectivity index (χ0) is 10.0. The van der Waals surface area contributed by atoms with Crippen LogP contribution in [0, 0.1) is 25.2 Å². The first-order valence-electron chi connectivity index (χ1n) is 3.90. The van der Waals surface area contributed by atoms with Gasteiger partial charge >= 0.3 is 0 Å². The molecule has 0 bridgehead atoms. The minimum Gasteiger partial charge on any atom is -0.193 e. The maximum Gasteiger partial charge on any atom is 0.0960 e. The number of hydrogen-bond acceptors (Lipinski definition) is 2. The lowest BCUT2D eigenvalue weighted by atomic mass is 10.2. The van der Waals surface area contributed by atoms with E-state index in [1.54, 1.807) is 18.3 Å².